The predicted molar refractivity (Wildman–Crippen MR) is 51.5 cm³/mol. The van der Waals surface area contributed by atoms with Crippen molar-refractivity contribution in [1.82, 2.24) is 0 Å². The summed E-state index contributed by atoms with van der Waals surface area (Å²) in [5.41, 5.74) is 4.75. The van der Waals surface area contributed by atoms with Gasteiger partial charge >= 0.3 is 5.97 Å². The van der Waals surface area contributed by atoms with Crippen LogP contribution in [0.3, 0.4) is 0 Å². The van der Waals surface area contributed by atoms with Crippen molar-refractivity contribution in [3.8, 4) is 0 Å². The van der Waals surface area contributed by atoms with E-state index in [9.17, 15) is 9.18 Å². The highest BCUT2D eigenvalue weighted by molar-refractivity contribution is 5.80. The van der Waals surface area contributed by atoms with Crippen molar-refractivity contribution in [3.63, 3.8) is 0 Å². The topological polar surface area (TPSA) is 63.3 Å². The summed E-state index contributed by atoms with van der Waals surface area (Å²) in [6.07, 6.45) is 0. The molecule has 0 spiro atoms. The lowest BCUT2D eigenvalue weighted by atomic mass is 9.84. The first-order valence-corrected chi connectivity index (χ1v) is 4.14. The van der Waals surface area contributed by atoms with Gasteiger partial charge in [0, 0.05) is 0 Å². The molecule has 0 fully saturated rings. The van der Waals surface area contributed by atoms with Crippen LogP contribution in [0.5, 0.6) is 0 Å². The zero-order valence-electron chi connectivity index (χ0n) is 8.04. The maximum atomic E-state index is 12.8. The van der Waals surface area contributed by atoms with E-state index in [0.29, 0.717) is 5.56 Å². The number of hydrogen-bond donors (Lipinski definition) is 2. The van der Waals surface area contributed by atoms with Gasteiger partial charge in [-0.25, -0.2) is 4.39 Å². The number of halogens is 1. The molecule has 0 atom stereocenters. The molecule has 1 aromatic carbocycles. The third kappa shape index (κ3) is 1.69. The van der Waals surface area contributed by atoms with E-state index in [2.05, 4.69) is 0 Å². The third-order valence-electron chi connectivity index (χ3n) is 2.25. The zero-order chi connectivity index (χ0) is 10.9. The number of nitrogens with two attached hydrogens (primary N) is 1. The molecular formula is C10H12FNO2. The van der Waals surface area contributed by atoms with E-state index in [0.717, 1.165) is 0 Å². The van der Waals surface area contributed by atoms with Gasteiger partial charge in [0.25, 0.3) is 0 Å². The second-order valence-corrected chi connectivity index (χ2v) is 3.67. The molecule has 0 amide bonds. The zero-order valence-corrected chi connectivity index (χ0v) is 8.04. The minimum Gasteiger partial charge on any atom is -0.481 e. The van der Waals surface area contributed by atoms with Crippen LogP contribution in [0, 0.1) is 5.82 Å². The summed E-state index contributed by atoms with van der Waals surface area (Å²) >= 11 is 0. The van der Waals surface area contributed by atoms with Crippen LogP contribution in [0.15, 0.2) is 18.2 Å². The maximum Gasteiger partial charge on any atom is 0.313 e. The Kier molecular flexibility index (Phi) is 2.47. The number of carboxylic acid groups (broad SMARTS) is 1. The van der Waals surface area contributed by atoms with Crippen molar-refractivity contribution in [2.24, 2.45) is 0 Å². The average Bonchev–Trinajstić information content (AvgIpc) is 2.09. The average molecular weight is 197 g/mol. The summed E-state index contributed by atoms with van der Waals surface area (Å²) in [6, 6.07) is 3.96. The fourth-order valence-corrected chi connectivity index (χ4v) is 1.06. The van der Waals surface area contributed by atoms with Gasteiger partial charge in [-0.05, 0) is 31.5 Å². The highest BCUT2D eigenvalue weighted by Crippen LogP contribution is 2.26. The Morgan fingerprint density at radius 2 is 2.07 bits per heavy atom. The highest BCUT2D eigenvalue weighted by atomic mass is 19.1. The second kappa shape index (κ2) is 3.29. The molecule has 0 bridgehead atoms. The molecule has 0 radical (unpaired) electrons. The van der Waals surface area contributed by atoms with Crippen molar-refractivity contribution >= 4 is 11.7 Å². The number of benzene rings is 1. The van der Waals surface area contributed by atoms with Crippen LogP contribution < -0.4 is 5.73 Å². The standard InChI is InChI=1S/C10H12FNO2/c1-10(2,9(13)14)6-3-4-7(11)8(12)5-6/h3-5H,12H2,1-2H3,(H,13,14). The SMILES string of the molecule is CC(C)(C(=O)O)c1ccc(F)c(N)c1. The Bertz CT molecular complexity index is 374. The Hall–Kier alpha value is -1.58. The van der Waals surface area contributed by atoms with E-state index in [-0.39, 0.29) is 5.69 Å². The molecule has 3 nitrogen and oxygen atoms in total. The first-order valence-electron chi connectivity index (χ1n) is 4.14. The molecule has 4 heteroatoms. The van der Waals surface area contributed by atoms with E-state index >= 15 is 0 Å². The van der Waals surface area contributed by atoms with E-state index in [1.807, 2.05) is 0 Å². The van der Waals surface area contributed by atoms with Crippen molar-refractivity contribution < 1.29 is 14.3 Å². The highest BCUT2D eigenvalue weighted by Gasteiger charge is 2.29. The fraction of sp³-hybridized carbons (Fsp3) is 0.300. The lowest BCUT2D eigenvalue weighted by Crippen LogP contribution is -2.28. The summed E-state index contributed by atoms with van der Waals surface area (Å²) in [6.45, 7) is 3.09. The third-order valence-corrected chi connectivity index (χ3v) is 2.25. The van der Waals surface area contributed by atoms with E-state index in [4.69, 9.17) is 10.8 Å². The van der Waals surface area contributed by atoms with Gasteiger partial charge in [-0.3, -0.25) is 4.79 Å². The summed E-state index contributed by atoms with van der Waals surface area (Å²) < 4.78 is 12.8. The number of hydrogen-bond acceptors (Lipinski definition) is 2. The second-order valence-electron chi connectivity index (χ2n) is 3.67. The largest absolute Gasteiger partial charge is 0.481 e. The molecule has 0 saturated carbocycles. The molecule has 0 aliphatic rings. The van der Waals surface area contributed by atoms with Crippen LogP contribution in [0.1, 0.15) is 19.4 Å². The molecule has 0 aliphatic heterocycles. The number of nitrogen functional groups attached to an aromatic ring is 1. The molecule has 1 aromatic rings. The summed E-state index contributed by atoms with van der Waals surface area (Å²) in [4.78, 5) is 10.9. The summed E-state index contributed by atoms with van der Waals surface area (Å²) in [7, 11) is 0. The van der Waals surface area contributed by atoms with Gasteiger partial charge in [0.2, 0.25) is 0 Å². The van der Waals surface area contributed by atoms with Crippen LogP contribution in [0.4, 0.5) is 10.1 Å². The first-order chi connectivity index (χ1) is 6.35. The van der Waals surface area contributed by atoms with E-state index in [1.165, 1.54) is 18.2 Å². The van der Waals surface area contributed by atoms with Gasteiger partial charge in [0.05, 0.1) is 11.1 Å². The van der Waals surface area contributed by atoms with Gasteiger partial charge in [-0.15, -0.1) is 0 Å². The fourth-order valence-electron chi connectivity index (χ4n) is 1.06. The summed E-state index contributed by atoms with van der Waals surface area (Å²) in [5, 5.41) is 8.92. The molecule has 0 unspecified atom stereocenters. The van der Waals surface area contributed by atoms with Gasteiger partial charge in [-0.1, -0.05) is 6.07 Å². The number of carboxylic acids is 1. The van der Waals surface area contributed by atoms with Crippen LogP contribution in [-0.4, -0.2) is 11.1 Å². The molecule has 0 aliphatic carbocycles. The Balaban J connectivity index is 3.21. The monoisotopic (exact) mass is 197 g/mol. The Morgan fingerprint density at radius 1 is 1.50 bits per heavy atom. The van der Waals surface area contributed by atoms with Gasteiger partial charge < -0.3 is 10.8 Å². The quantitative estimate of drug-likeness (QED) is 0.710. The minimum atomic E-state index is -1.05. The maximum absolute atomic E-state index is 12.8. The molecule has 0 heterocycles. The van der Waals surface area contributed by atoms with E-state index < -0.39 is 17.2 Å². The van der Waals surface area contributed by atoms with Crippen LogP contribution in [-0.2, 0) is 10.2 Å². The van der Waals surface area contributed by atoms with Crippen LogP contribution in [0.2, 0.25) is 0 Å². The molecule has 14 heavy (non-hydrogen) atoms. The molecule has 0 aromatic heterocycles. The molecule has 3 N–H and O–H groups in total. The van der Waals surface area contributed by atoms with Crippen molar-refractivity contribution in [2.75, 3.05) is 5.73 Å². The molecule has 76 valence electrons. The number of aliphatic carboxylic acids is 1. The number of anilines is 1. The molecule has 1 rings (SSSR count). The van der Waals surface area contributed by atoms with Gasteiger partial charge in [0.1, 0.15) is 5.82 Å². The van der Waals surface area contributed by atoms with Crippen LogP contribution >= 0.6 is 0 Å². The van der Waals surface area contributed by atoms with Gasteiger partial charge in [0.15, 0.2) is 0 Å². The Labute approximate surface area is 81.4 Å². The van der Waals surface area contributed by atoms with Gasteiger partial charge in [-0.2, -0.15) is 0 Å². The number of carbonyl (C=O) groups is 1. The minimum absolute atomic E-state index is 0.0307. The molecule has 0 saturated heterocycles. The lowest BCUT2D eigenvalue weighted by molar-refractivity contribution is -0.142. The number of rotatable bonds is 2. The predicted octanol–water partition coefficient (Wildman–Crippen LogP) is 1.77. The smallest absolute Gasteiger partial charge is 0.313 e. The van der Waals surface area contributed by atoms with E-state index in [1.54, 1.807) is 13.8 Å². The first kappa shape index (κ1) is 10.5. The summed E-state index contributed by atoms with van der Waals surface area (Å²) in [5.74, 6) is -1.50. The lowest BCUT2D eigenvalue weighted by Gasteiger charge is -2.19. The normalized spacial score (nSPS) is 11.4. The van der Waals surface area contributed by atoms with Crippen molar-refractivity contribution in [2.45, 2.75) is 19.3 Å². The van der Waals surface area contributed by atoms with Crippen molar-refractivity contribution in [3.05, 3.63) is 29.6 Å². The van der Waals surface area contributed by atoms with Crippen LogP contribution in [0.25, 0.3) is 0 Å². The Morgan fingerprint density at radius 3 is 2.50 bits per heavy atom. The molecular weight excluding hydrogens is 185 g/mol. The van der Waals surface area contributed by atoms with Crippen molar-refractivity contribution in [1.29, 1.82) is 0 Å².